The van der Waals surface area contributed by atoms with Crippen molar-refractivity contribution in [2.45, 2.75) is 6.42 Å². The smallest absolute Gasteiger partial charge is 0.382 e. The van der Waals surface area contributed by atoms with Crippen LogP contribution in [-0.2, 0) is 6.42 Å². The van der Waals surface area contributed by atoms with Crippen LogP contribution in [0.4, 0.5) is 0 Å². The minimum atomic E-state index is -0.490. The van der Waals surface area contributed by atoms with Crippen molar-refractivity contribution in [3.8, 4) is 0 Å². The van der Waals surface area contributed by atoms with Crippen LogP contribution in [0.5, 0.6) is 0 Å². The standard InChI is InChI=1S/C17H11NO3/c19-17-16-15(12-8-4-5-9-13(12)20-17)18-14(21-16)10-11-6-2-1-3-7-11/h1-9H,10H2. The van der Waals surface area contributed by atoms with Gasteiger partial charge < -0.3 is 8.83 Å². The summed E-state index contributed by atoms with van der Waals surface area (Å²) in [6.45, 7) is 0. The Morgan fingerprint density at radius 3 is 2.52 bits per heavy atom. The molecule has 21 heavy (non-hydrogen) atoms. The van der Waals surface area contributed by atoms with Crippen molar-refractivity contribution < 1.29 is 8.83 Å². The van der Waals surface area contributed by atoms with Gasteiger partial charge in [0, 0.05) is 11.8 Å². The van der Waals surface area contributed by atoms with Gasteiger partial charge in [0.1, 0.15) is 11.1 Å². The Balaban J connectivity index is 1.91. The van der Waals surface area contributed by atoms with Crippen LogP contribution in [-0.4, -0.2) is 4.98 Å². The molecule has 4 nitrogen and oxygen atoms in total. The first-order valence-corrected chi connectivity index (χ1v) is 6.66. The fourth-order valence-corrected chi connectivity index (χ4v) is 2.43. The third kappa shape index (κ3) is 2.01. The molecule has 4 aromatic rings. The molecule has 0 atom stereocenters. The molecule has 4 rings (SSSR count). The van der Waals surface area contributed by atoms with Crippen LogP contribution in [0.1, 0.15) is 11.5 Å². The molecule has 102 valence electrons. The lowest BCUT2D eigenvalue weighted by atomic mass is 10.1. The third-order valence-electron chi connectivity index (χ3n) is 3.40. The molecule has 0 aliphatic rings. The van der Waals surface area contributed by atoms with E-state index in [9.17, 15) is 4.79 Å². The zero-order valence-corrected chi connectivity index (χ0v) is 11.1. The summed E-state index contributed by atoms with van der Waals surface area (Å²) < 4.78 is 10.8. The topological polar surface area (TPSA) is 56.2 Å². The Kier molecular flexibility index (Phi) is 2.60. The second-order valence-corrected chi connectivity index (χ2v) is 4.83. The summed E-state index contributed by atoms with van der Waals surface area (Å²) in [5.41, 5.74) is 1.86. The summed E-state index contributed by atoms with van der Waals surface area (Å²) in [6.07, 6.45) is 0.545. The van der Waals surface area contributed by atoms with Gasteiger partial charge in [0.15, 0.2) is 5.89 Å². The highest BCUT2D eigenvalue weighted by Crippen LogP contribution is 2.23. The van der Waals surface area contributed by atoms with Crippen LogP contribution in [0.15, 0.2) is 68.2 Å². The van der Waals surface area contributed by atoms with E-state index in [0.29, 0.717) is 23.4 Å². The molecule has 0 N–H and O–H groups in total. The van der Waals surface area contributed by atoms with Gasteiger partial charge in [-0.15, -0.1) is 0 Å². The van der Waals surface area contributed by atoms with E-state index in [-0.39, 0.29) is 5.58 Å². The van der Waals surface area contributed by atoms with Crippen LogP contribution in [0.25, 0.3) is 22.1 Å². The number of rotatable bonds is 2. The molecule has 4 heteroatoms. The van der Waals surface area contributed by atoms with Crippen LogP contribution in [0, 0.1) is 0 Å². The normalized spacial score (nSPS) is 11.2. The maximum absolute atomic E-state index is 12.0. The van der Waals surface area contributed by atoms with E-state index in [1.54, 1.807) is 6.07 Å². The molecule has 0 radical (unpaired) electrons. The largest absolute Gasteiger partial charge is 0.433 e. The van der Waals surface area contributed by atoms with Gasteiger partial charge in [0.25, 0.3) is 0 Å². The van der Waals surface area contributed by atoms with Crippen LogP contribution in [0.3, 0.4) is 0 Å². The fraction of sp³-hybridized carbons (Fsp3) is 0.0588. The Bertz CT molecular complexity index is 983. The fourth-order valence-electron chi connectivity index (χ4n) is 2.43. The lowest BCUT2D eigenvalue weighted by molar-refractivity contribution is 0.506. The Morgan fingerprint density at radius 1 is 0.905 bits per heavy atom. The van der Waals surface area contributed by atoms with Gasteiger partial charge in [-0.25, -0.2) is 9.78 Å². The molecular formula is C17H11NO3. The summed E-state index contributed by atoms with van der Waals surface area (Å²) >= 11 is 0. The third-order valence-corrected chi connectivity index (χ3v) is 3.40. The lowest BCUT2D eigenvalue weighted by Crippen LogP contribution is -1.97. The first kappa shape index (κ1) is 11.9. The van der Waals surface area contributed by atoms with E-state index in [2.05, 4.69) is 4.98 Å². The molecule has 0 amide bonds. The molecule has 0 aliphatic heterocycles. The number of nitrogens with zero attached hydrogens (tertiary/aromatic N) is 1. The minimum Gasteiger partial charge on any atom is -0.433 e. The van der Waals surface area contributed by atoms with Gasteiger partial charge in [-0.1, -0.05) is 42.5 Å². The molecule has 2 aromatic heterocycles. The van der Waals surface area contributed by atoms with E-state index in [0.717, 1.165) is 10.9 Å². The van der Waals surface area contributed by atoms with E-state index >= 15 is 0 Å². The van der Waals surface area contributed by atoms with Gasteiger partial charge in [-0.05, 0) is 17.7 Å². The van der Waals surface area contributed by atoms with Crippen molar-refractivity contribution >= 4 is 22.1 Å². The van der Waals surface area contributed by atoms with Gasteiger partial charge in [-0.3, -0.25) is 0 Å². The van der Waals surface area contributed by atoms with E-state index in [4.69, 9.17) is 8.83 Å². The zero-order chi connectivity index (χ0) is 14.2. The number of benzene rings is 2. The highest BCUT2D eigenvalue weighted by atomic mass is 16.4. The number of aromatic nitrogens is 1. The summed E-state index contributed by atoms with van der Waals surface area (Å²) in [4.78, 5) is 16.4. The first-order chi connectivity index (χ1) is 10.3. The number of oxazole rings is 1. The first-order valence-electron chi connectivity index (χ1n) is 6.66. The monoisotopic (exact) mass is 277 g/mol. The Hall–Kier alpha value is -2.88. The van der Waals surface area contributed by atoms with Gasteiger partial charge in [0.2, 0.25) is 5.58 Å². The average Bonchev–Trinajstić information content (AvgIpc) is 2.93. The van der Waals surface area contributed by atoms with Crippen LogP contribution in [0.2, 0.25) is 0 Å². The van der Waals surface area contributed by atoms with Gasteiger partial charge >= 0.3 is 5.63 Å². The van der Waals surface area contributed by atoms with Crippen LogP contribution >= 0.6 is 0 Å². The highest BCUT2D eigenvalue weighted by molar-refractivity contribution is 5.99. The van der Waals surface area contributed by atoms with E-state index in [1.165, 1.54) is 0 Å². The minimum absolute atomic E-state index is 0.180. The predicted molar refractivity (Wildman–Crippen MR) is 79.3 cm³/mol. The number of hydrogen-bond acceptors (Lipinski definition) is 4. The predicted octanol–water partition coefficient (Wildman–Crippen LogP) is 3.53. The van der Waals surface area contributed by atoms with Gasteiger partial charge in [-0.2, -0.15) is 0 Å². The molecule has 0 saturated heterocycles. The lowest BCUT2D eigenvalue weighted by Gasteiger charge is -1.94. The zero-order valence-electron chi connectivity index (χ0n) is 11.1. The van der Waals surface area contributed by atoms with E-state index < -0.39 is 5.63 Å². The number of para-hydroxylation sites is 1. The van der Waals surface area contributed by atoms with Crippen molar-refractivity contribution in [2.75, 3.05) is 0 Å². The molecular weight excluding hydrogens is 266 g/mol. The van der Waals surface area contributed by atoms with Crippen molar-refractivity contribution in [3.63, 3.8) is 0 Å². The molecule has 2 aromatic carbocycles. The molecule has 0 aliphatic carbocycles. The van der Waals surface area contributed by atoms with Crippen LogP contribution < -0.4 is 5.63 Å². The summed E-state index contributed by atoms with van der Waals surface area (Å²) in [6, 6.07) is 17.2. The second-order valence-electron chi connectivity index (χ2n) is 4.83. The van der Waals surface area contributed by atoms with Crippen molar-refractivity contribution in [1.82, 2.24) is 4.98 Å². The maximum Gasteiger partial charge on any atom is 0.382 e. The number of hydrogen-bond donors (Lipinski definition) is 0. The van der Waals surface area contributed by atoms with E-state index in [1.807, 2.05) is 48.5 Å². The Morgan fingerprint density at radius 2 is 1.67 bits per heavy atom. The Labute approximate surface area is 119 Å². The summed E-state index contributed by atoms with van der Waals surface area (Å²) in [5.74, 6) is 0.514. The molecule has 0 fully saturated rings. The van der Waals surface area contributed by atoms with Gasteiger partial charge in [0.05, 0.1) is 0 Å². The SMILES string of the molecule is O=c1oc2ccccc2c2nc(Cc3ccccc3)oc12. The average molecular weight is 277 g/mol. The molecule has 0 spiro atoms. The molecule has 0 unspecified atom stereocenters. The number of fused-ring (bicyclic) bond motifs is 3. The summed E-state index contributed by atoms with van der Waals surface area (Å²) in [5, 5.41) is 0.787. The quantitative estimate of drug-likeness (QED) is 0.526. The van der Waals surface area contributed by atoms with Crippen molar-refractivity contribution in [3.05, 3.63) is 76.5 Å². The molecule has 0 bridgehead atoms. The molecule has 2 heterocycles. The molecule has 0 saturated carbocycles. The highest BCUT2D eigenvalue weighted by Gasteiger charge is 2.14. The maximum atomic E-state index is 12.0. The second kappa shape index (κ2) is 4.59. The summed E-state index contributed by atoms with van der Waals surface area (Å²) in [7, 11) is 0. The van der Waals surface area contributed by atoms with Crippen molar-refractivity contribution in [1.29, 1.82) is 0 Å². The van der Waals surface area contributed by atoms with Crippen molar-refractivity contribution in [2.24, 2.45) is 0 Å².